The van der Waals surface area contributed by atoms with E-state index >= 15 is 0 Å². The maximum absolute atomic E-state index is 14.6. The summed E-state index contributed by atoms with van der Waals surface area (Å²) in [6.07, 6.45) is 2.50. The molecule has 156 valence electrons. The molecule has 1 atom stereocenters. The molecule has 3 rings (SSSR count). The van der Waals surface area contributed by atoms with Crippen molar-refractivity contribution < 1.29 is 9.13 Å². The van der Waals surface area contributed by atoms with E-state index in [9.17, 15) is 4.39 Å². The Balaban J connectivity index is 1.58. The topological polar surface area (TPSA) is 52.1 Å². The number of guanidine groups is 1. The van der Waals surface area contributed by atoms with Gasteiger partial charge in [-0.2, -0.15) is 0 Å². The van der Waals surface area contributed by atoms with Gasteiger partial charge in [0.2, 0.25) is 0 Å². The number of hydrogen-bond donors (Lipinski definition) is 2. The predicted molar refractivity (Wildman–Crippen MR) is 113 cm³/mol. The average molecular weight is 392 g/mol. The number of aliphatic imine (C=N–C) groups is 1. The second-order valence-corrected chi connectivity index (χ2v) is 7.39. The highest BCUT2D eigenvalue weighted by atomic mass is 19.1. The summed E-state index contributed by atoms with van der Waals surface area (Å²) in [5, 5.41) is 6.75. The summed E-state index contributed by atoms with van der Waals surface area (Å²) in [6.45, 7) is 11.5. The van der Waals surface area contributed by atoms with Crippen molar-refractivity contribution in [1.82, 2.24) is 15.5 Å². The molecule has 0 saturated carbocycles. The van der Waals surface area contributed by atoms with Crippen LogP contribution >= 0.6 is 0 Å². The number of morpholine rings is 1. The first-order valence-electron chi connectivity index (χ1n) is 10.6. The second-order valence-electron chi connectivity index (χ2n) is 7.39. The number of anilines is 1. The Hall–Kier alpha value is -1.86. The van der Waals surface area contributed by atoms with E-state index in [-0.39, 0.29) is 5.82 Å². The van der Waals surface area contributed by atoms with E-state index in [0.29, 0.717) is 31.5 Å². The van der Waals surface area contributed by atoms with Crippen molar-refractivity contribution >= 4 is 11.6 Å². The van der Waals surface area contributed by atoms with Gasteiger partial charge < -0.3 is 20.3 Å². The number of nitrogens with zero attached hydrogens (tertiary/aromatic N) is 3. The SMILES string of the molecule is CCNC(=NCc1ccc(N2CCOCC2)c(F)c1)NCC1CCCN1CC. The number of rotatable bonds is 7. The van der Waals surface area contributed by atoms with Crippen molar-refractivity contribution in [3.63, 3.8) is 0 Å². The Labute approximate surface area is 168 Å². The van der Waals surface area contributed by atoms with Gasteiger partial charge in [0.05, 0.1) is 25.4 Å². The molecule has 1 aromatic carbocycles. The molecule has 2 aliphatic heterocycles. The first kappa shape index (κ1) is 20.9. The van der Waals surface area contributed by atoms with Crippen LogP contribution < -0.4 is 15.5 Å². The molecule has 6 nitrogen and oxygen atoms in total. The lowest BCUT2D eigenvalue weighted by molar-refractivity contribution is 0.122. The van der Waals surface area contributed by atoms with Crippen LogP contribution in [0.3, 0.4) is 0 Å². The lowest BCUT2D eigenvalue weighted by Gasteiger charge is -2.29. The van der Waals surface area contributed by atoms with Crippen LogP contribution in [0.2, 0.25) is 0 Å². The molecule has 2 N–H and O–H groups in total. The summed E-state index contributed by atoms with van der Waals surface area (Å²) in [7, 11) is 0. The van der Waals surface area contributed by atoms with Gasteiger partial charge in [-0.25, -0.2) is 9.38 Å². The summed E-state index contributed by atoms with van der Waals surface area (Å²) in [5.74, 6) is 0.611. The van der Waals surface area contributed by atoms with Crippen molar-refractivity contribution in [2.24, 2.45) is 4.99 Å². The molecular formula is C21H34FN5O. The normalized spacial score (nSPS) is 21.2. The van der Waals surface area contributed by atoms with Gasteiger partial charge in [-0.1, -0.05) is 13.0 Å². The first-order chi connectivity index (χ1) is 13.7. The lowest BCUT2D eigenvalue weighted by Crippen LogP contribution is -2.44. The van der Waals surface area contributed by atoms with E-state index in [2.05, 4.69) is 34.4 Å². The Kier molecular flexibility index (Phi) is 7.91. The predicted octanol–water partition coefficient (Wildman–Crippen LogP) is 2.20. The molecule has 7 heteroatoms. The fourth-order valence-corrected chi connectivity index (χ4v) is 3.98. The van der Waals surface area contributed by atoms with Gasteiger partial charge in [0.25, 0.3) is 0 Å². The molecule has 0 spiro atoms. The van der Waals surface area contributed by atoms with E-state index in [1.165, 1.54) is 19.4 Å². The highest BCUT2D eigenvalue weighted by molar-refractivity contribution is 5.79. The van der Waals surface area contributed by atoms with Crippen LogP contribution in [0.25, 0.3) is 0 Å². The van der Waals surface area contributed by atoms with Crippen LogP contribution in [0.5, 0.6) is 0 Å². The van der Waals surface area contributed by atoms with Crippen molar-refractivity contribution in [3.8, 4) is 0 Å². The van der Waals surface area contributed by atoms with Gasteiger partial charge in [-0.05, 0) is 50.6 Å². The monoisotopic (exact) mass is 391 g/mol. The van der Waals surface area contributed by atoms with Gasteiger partial charge in [0, 0.05) is 32.2 Å². The average Bonchev–Trinajstić information content (AvgIpc) is 3.18. The standard InChI is InChI=1S/C21H34FN5O/c1-3-23-21(25-16-18-6-5-9-26(18)4-2)24-15-17-7-8-20(19(22)14-17)27-10-12-28-13-11-27/h7-8,14,18H,3-6,9-13,15-16H2,1-2H3,(H2,23,24,25). The molecule has 28 heavy (non-hydrogen) atoms. The fourth-order valence-electron chi connectivity index (χ4n) is 3.98. The summed E-state index contributed by atoms with van der Waals surface area (Å²) in [4.78, 5) is 9.20. The van der Waals surface area contributed by atoms with Gasteiger partial charge in [0.1, 0.15) is 5.82 Å². The van der Waals surface area contributed by atoms with E-state index in [1.54, 1.807) is 6.07 Å². The third kappa shape index (κ3) is 5.58. The van der Waals surface area contributed by atoms with Gasteiger partial charge in [-0.15, -0.1) is 0 Å². The number of hydrogen-bond acceptors (Lipinski definition) is 4. The van der Waals surface area contributed by atoms with Crippen LogP contribution in [-0.2, 0) is 11.3 Å². The van der Waals surface area contributed by atoms with Gasteiger partial charge >= 0.3 is 0 Å². The molecule has 1 unspecified atom stereocenters. The number of nitrogens with one attached hydrogen (secondary N) is 2. The molecule has 1 aromatic rings. The number of ether oxygens (including phenoxy) is 1. The van der Waals surface area contributed by atoms with E-state index in [1.807, 2.05) is 17.0 Å². The molecule has 0 aromatic heterocycles. The summed E-state index contributed by atoms with van der Waals surface area (Å²) < 4.78 is 19.9. The van der Waals surface area contributed by atoms with Crippen LogP contribution in [0.15, 0.2) is 23.2 Å². The first-order valence-corrected chi connectivity index (χ1v) is 10.6. The van der Waals surface area contributed by atoms with E-state index in [0.717, 1.165) is 44.2 Å². The number of likely N-dealkylation sites (tertiary alicyclic amines) is 1. The van der Waals surface area contributed by atoms with Crippen molar-refractivity contribution in [1.29, 1.82) is 0 Å². The Morgan fingerprint density at radius 2 is 2.04 bits per heavy atom. The number of halogens is 1. The third-order valence-electron chi connectivity index (χ3n) is 5.54. The molecule has 2 aliphatic rings. The maximum atomic E-state index is 14.6. The molecule has 0 amide bonds. The summed E-state index contributed by atoms with van der Waals surface area (Å²) >= 11 is 0. The van der Waals surface area contributed by atoms with Crippen molar-refractivity contribution in [2.45, 2.75) is 39.3 Å². The summed E-state index contributed by atoms with van der Waals surface area (Å²) in [6, 6.07) is 6.01. The van der Waals surface area contributed by atoms with Gasteiger partial charge in [0.15, 0.2) is 5.96 Å². The van der Waals surface area contributed by atoms with E-state index < -0.39 is 0 Å². The number of benzene rings is 1. The van der Waals surface area contributed by atoms with E-state index in [4.69, 9.17) is 4.74 Å². The van der Waals surface area contributed by atoms with Crippen LogP contribution in [0, 0.1) is 5.82 Å². The highest BCUT2D eigenvalue weighted by Crippen LogP contribution is 2.22. The summed E-state index contributed by atoms with van der Waals surface area (Å²) in [5.41, 5.74) is 1.53. The molecule has 0 aliphatic carbocycles. The van der Waals surface area contributed by atoms with Crippen LogP contribution in [0.1, 0.15) is 32.3 Å². The van der Waals surface area contributed by atoms with Gasteiger partial charge in [-0.3, -0.25) is 4.90 Å². The zero-order valence-electron chi connectivity index (χ0n) is 17.2. The third-order valence-corrected chi connectivity index (χ3v) is 5.54. The Bertz CT molecular complexity index is 648. The fraction of sp³-hybridized carbons (Fsp3) is 0.667. The minimum absolute atomic E-state index is 0.183. The molecule has 2 heterocycles. The molecule has 0 radical (unpaired) electrons. The van der Waals surface area contributed by atoms with Crippen molar-refractivity contribution in [3.05, 3.63) is 29.6 Å². The van der Waals surface area contributed by atoms with Crippen molar-refractivity contribution in [2.75, 3.05) is 57.4 Å². The zero-order chi connectivity index (χ0) is 19.8. The largest absolute Gasteiger partial charge is 0.378 e. The quantitative estimate of drug-likeness (QED) is 0.551. The van der Waals surface area contributed by atoms with Crippen LogP contribution in [0.4, 0.5) is 10.1 Å². The van der Waals surface area contributed by atoms with Crippen LogP contribution in [-0.4, -0.2) is 69.4 Å². The smallest absolute Gasteiger partial charge is 0.191 e. The molecule has 2 fully saturated rings. The molecule has 0 bridgehead atoms. The highest BCUT2D eigenvalue weighted by Gasteiger charge is 2.22. The minimum atomic E-state index is -0.183. The lowest BCUT2D eigenvalue weighted by atomic mass is 10.1. The maximum Gasteiger partial charge on any atom is 0.191 e. The second kappa shape index (κ2) is 10.6. The molecule has 2 saturated heterocycles. The Morgan fingerprint density at radius 3 is 2.75 bits per heavy atom. The minimum Gasteiger partial charge on any atom is -0.378 e. The molecular weight excluding hydrogens is 357 g/mol. The Morgan fingerprint density at radius 1 is 1.21 bits per heavy atom. The number of likely N-dealkylation sites (N-methyl/N-ethyl adjacent to an activating group) is 1. The zero-order valence-corrected chi connectivity index (χ0v) is 17.2.